The fourth-order valence-electron chi connectivity index (χ4n) is 4.15. The van der Waals surface area contributed by atoms with Crippen LogP contribution in [0.25, 0.3) is 0 Å². The first-order valence-electron chi connectivity index (χ1n) is 11.4. The van der Waals surface area contributed by atoms with Gasteiger partial charge in [0.25, 0.3) is 5.91 Å². The number of furan rings is 1. The van der Waals surface area contributed by atoms with E-state index in [1.54, 1.807) is 24.3 Å². The van der Waals surface area contributed by atoms with Gasteiger partial charge in [0, 0.05) is 31.7 Å². The normalized spacial score (nSPS) is 16.6. The number of halogens is 3. The maximum atomic E-state index is 13.3. The quantitative estimate of drug-likeness (QED) is 0.485. The van der Waals surface area contributed by atoms with Crippen LogP contribution in [0.2, 0.25) is 0 Å². The van der Waals surface area contributed by atoms with Gasteiger partial charge in [0.05, 0.1) is 38.2 Å². The number of amides is 1. The molecule has 1 aliphatic rings. The molecule has 4 rings (SSSR count). The molecule has 1 fully saturated rings. The molecule has 0 aliphatic carbocycles. The van der Waals surface area contributed by atoms with Crippen LogP contribution in [-0.2, 0) is 24.0 Å². The Morgan fingerprint density at radius 1 is 1.19 bits per heavy atom. The van der Waals surface area contributed by atoms with Crippen LogP contribution in [0.15, 0.2) is 65.3 Å². The van der Waals surface area contributed by atoms with Crippen LogP contribution < -0.4 is 4.74 Å². The Labute approximate surface area is 206 Å². The smallest absolute Gasteiger partial charge is 0.416 e. The standard InChI is InChI=1S/C26H27F3N2O5/c1-34-24-13-18(4-9-23(24)32)14-30-10-12-36-22(15-30)17-31(16-21-3-2-11-35-21)25(33)19-5-7-20(8-6-19)26(27,28)29/h2-9,11,13,22,32H,10,12,14-17H2,1H3. The van der Waals surface area contributed by atoms with E-state index < -0.39 is 17.6 Å². The number of alkyl halides is 3. The van der Waals surface area contributed by atoms with Gasteiger partial charge in [-0.2, -0.15) is 13.2 Å². The van der Waals surface area contributed by atoms with Crippen molar-refractivity contribution < 1.29 is 37.0 Å². The van der Waals surface area contributed by atoms with Gasteiger partial charge in [-0.1, -0.05) is 6.07 Å². The highest BCUT2D eigenvalue weighted by Gasteiger charge is 2.31. The van der Waals surface area contributed by atoms with Gasteiger partial charge in [-0.3, -0.25) is 9.69 Å². The van der Waals surface area contributed by atoms with E-state index in [0.717, 1.165) is 17.7 Å². The maximum absolute atomic E-state index is 13.3. The molecule has 36 heavy (non-hydrogen) atoms. The summed E-state index contributed by atoms with van der Waals surface area (Å²) in [5.41, 5.74) is 0.297. The highest BCUT2D eigenvalue weighted by molar-refractivity contribution is 5.94. The molecule has 1 N–H and O–H groups in total. The molecule has 7 nitrogen and oxygen atoms in total. The Morgan fingerprint density at radius 3 is 2.64 bits per heavy atom. The summed E-state index contributed by atoms with van der Waals surface area (Å²) in [4.78, 5) is 17.0. The van der Waals surface area contributed by atoms with Crippen LogP contribution in [-0.4, -0.2) is 60.3 Å². The topological polar surface area (TPSA) is 75.4 Å². The van der Waals surface area contributed by atoms with Crippen molar-refractivity contribution >= 4 is 5.91 Å². The number of phenols is 1. The lowest BCUT2D eigenvalue weighted by molar-refractivity contribution is -0.137. The van der Waals surface area contributed by atoms with Gasteiger partial charge in [-0.15, -0.1) is 0 Å². The van der Waals surface area contributed by atoms with E-state index in [1.807, 2.05) is 6.07 Å². The van der Waals surface area contributed by atoms with Crippen LogP contribution in [0, 0.1) is 0 Å². The molecular weight excluding hydrogens is 477 g/mol. The highest BCUT2D eigenvalue weighted by atomic mass is 19.4. The van der Waals surface area contributed by atoms with Gasteiger partial charge < -0.3 is 23.9 Å². The fraction of sp³-hybridized carbons (Fsp3) is 0.346. The number of carbonyl (C=O) groups is 1. The summed E-state index contributed by atoms with van der Waals surface area (Å²) in [6.45, 7) is 2.67. The molecule has 1 amide bonds. The summed E-state index contributed by atoms with van der Waals surface area (Å²) in [6.07, 6.45) is -3.29. The molecule has 2 heterocycles. The van der Waals surface area contributed by atoms with Crippen molar-refractivity contribution in [2.75, 3.05) is 33.4 Å². The number of rotatable bonds is 8. The van der Waals surface area contributed by atoms with Gasteiger partial charge in [0.1, 0.15) is 5.76 Å². The molecule has 10 heteroatoms. The summed E-state index contributed by atoms with van der Waals surface area (Å²) in [7, 11) is 1.49. The number of aromatic hydroxyl groups is 1. The molecule has 0 spiro atoms. The predicted octanol–water partition coefficient (Wildman–Crippen LogP) is 4.56. The van der Waals surface area contributed by atoms with Gasteiger partial charge in [-0.05, 0) is 54.1 Å². The number of nitrogens with zero attached hydrogens (tertiary/aromatic N) is 2. The second kappa shape index (κ2) is 11.0. The molecule has 192 valence electrons. The van der Waals surface area contributed by atoms with Gasteiger partial charge in [0.2, 0.25) is 0 Å². The van der Waals surface area contributed by atoms with E-state index >= 15 is 0 Å². The minimum absolute atomic E-state index is 0.0662. The Kier molecular flexibility index (Phi) is 7.85. The van der Waals surface area contributed by atoms with Gasteiger partial charge in [-0.25, -0.2) is 0 Å². The zero-order chi connectivity index (χ0) is 25.7. The largest absolute Gasteiger partial charge is 0.504 e. The van der Waals surface area contributed by atoms with E-state index in [0.29, 0.717) is 37.8 Å². The number of hydrogen-bond acceptors (Lipinski definition) is 6. The van der Waals surface area contributed by atoms with E-state index in [2.05, 4.69) is 4.90 Å². The van der Waals surface area contributed by atoms with Crippen LogP contribution in [0.3, 0.4) is 0 Å². The second-order valence-electron chi connectivity index (χ2n) is 8.57. The third-order valence-corrected chi connectivity index (χ3v) is 5.97. The monoisotopic (exact) mass is 504 g/mol. The molecule has 2 aromatic carbocycles. The van der Waals surface area contributed by atoms with E-state index in [9.17, 15) is 23.1 Å². The number of morpholine rings is 1. The van der Waals surface area contributed by atoms with E-state index in [4.69, 9.17) is 13.9 Å². The first-order valence-corrected chi connectivity index (χ1v) is 11.4. The number of ether oxygens (including phenoxy) is 2. The van der Waals surface area contributed by atoms with Crippen LogP contribution in [0.4, 0.5) is 13.2 Å². The predicted molar refractivity (Wildman–Crippen MR) is 125 cm³/mol. The molecular formula is C26H27F3N2O5. The minimum Gasteiger partial charge on any atom is -0.504 e. The molecule has 1 atom stereocenters. The first kappa shape index (κ1) is 25.6. The van der Waals surface area contributed by atoms with Crippen LogP contribution in [0.5, 0.6) is 11.5 Å². The second-order valence-corrected chi connectivity index (χ2v) is 8.57. The van der Waals surface area contributed by atoms with Crippen molar-refractivity contribution in [1.82, 2.24) is 9.80 Å². The Morgan fingerprint density at radius 2 is 1.97 bits per heavy atom. The van der Waals surface area contributed by atoms with Gasteiger partial charge in [0.15, 0.2) is 11.5 Å². The maximum Gasteiger partial charge on any atom is 0.416 e. The molecule has 1 unspecified atom stereocenters. The lowest BCUT2D eigenvalue weighted by atomic mass is 10.1. The summed E-state index contributed by atoms with van der Waals surface area (Å²) >= 11 is 0. The third-order valence-electron chi connectivity index (χ3n) is 5.97. The zero-order valence-corrected chi connectivity index (χ0v) is 19.7. The molecule has 3 aromatic rings. The Bertz CT molecular complexity index is 1150. The lowest BCUT2D eigenvalue weighted by Crippen LogP contribution is -2.48. The van der Waals surface area contributed by atoms with E-state index in [1.165, 1.54) is 30.4 Å². The molecule has 1 aliphatic heterocycles. The highest BCUT2D eigenvalue weighted by Crippen LogP contribution is 2.30. The number of carbonyl (C=O) groups excluding carboxylic acids is 1. The molecule has 0 radical (unpaired) electrons. The third kappa shape index (κ3) is 6.38. The van der Waals surface area contributed by atoms with Crippen molar-refractivity contribution in [1.29, 1.82) is 0 Å². The minimum atomic E-state index is -4.48. The van der Waals surface area contributed by atoms with Crippen LogP contribution >= 0.6 is 0 Å². The lowest BCUT2D eigenvalue weighted by Gasteiger charge is -2.35. The molecule has 1 aromatic heterocycles. The van der Waals surface area contributed by atoms with Crippen molar-refractivity contribution in [3.8, 4) is 11.5 Å². The average Bonchev–Trinajstić information content (AvgIpc) is 3.37. The Balaban J connectivity index is 1.46. The number of benzene rings is 2. The zero-order valence-electron chi connectivity index (χ0n) is 19.7. The first-order chi connectivity index (χ1) is 17.2. The van der Waals surface area contributed by atoms with Crippen molar-refractivity contribution in [3.63, 3.8) is 0 Å². The van der Waals surface area contributed by atoms with Crippen molar-refractivity contribution in [2.45, 2.75) is 25.4 Å². The molecule has 0 saturated carbocycles. The SMILES string of the molecule is COc1cc(CN2CCOC(CN(Cc3ccco3)C(=O)c3ccc(C(F)(F)F)cc3)C2)ccc1O. The van der Waals surface area contributed by atoms with E-state index in [-0.39, 0.29) is 30.5 Å². The number of methoxy groups -OCH3 is 1. The van der Waals surface area contributed by atoms with Crippen LogP contribution in [0.1, 0.15) is 27.2 Å². The fourth-order valence-corrected chi connectivity index (χ4v) is 4.15. The summed E-state index contributed by atoms with van der Waals surface area (Å²) < 4.78 is 55.4. The molecule has 0 bridgehead atoms. The summed E-state index contributed by atoms with van der Waals surface area (Å²) in [6, 6.07) is 12.8. The number of phenolic OH excluding ortho intramolecular Hbond substituents is 1. The number of hydrogen-bond donors (Lipinski definition) is 1. The van der Waals surface area contributed by atoms with Gasteiger partial charge >= 0.3 is 6.18 Å². The van der Waals surface area contributed by atoms with Crippen molar-refractivity contribution in [2.24, 2.45) is 0 Å². The summed E-state index contributed by atoms with van der Waals surface area (Å²) in [5.74, 6) is 0.601. The Hall–Kier alpha value is -3.50. The molecule has 1 saturated heterocycles. The summed E-state index contributed by atoms with van der Waals surface area (Å²) in [5, 5.41) is 9.83. The average molecular weight is 505 g/mol. The van der Waals surface area contributed by atoms with Crippen molar-refractivity contribution in [3.05, 3.63) is 83.3 Å².